The maximum atomic E-state index is 11.9. The minimum absolute atomic E-state index is 0.00579. The number of benzene rings is 1. The van der Waals surface area contributed by atoms with Crippen molar-refractivity contribution >= 4 is 28.9 Å². The molecule has 0 unspecified atom stereocenters. The Labute approximate surface area is 106 Å². The lowest BCUT2D eigenvalue weighted by Crippen LogP contribution is -2.19. The van der Waals surface area contributed by atoms with Crippen molar-refractivity contribution in [3.8, 4) is 0 Å². The van der Waals surface area contributed by atoms with E-state index in [0.717, 1.165) is 12.1 Å². The highest BCUT2D eigenvalue weighted by atomic mass is 35.5. The number of nitrogens with zero attached hydrogens (tertiary/aromatic N) is 2. The zero-order chi connectivity index (χ0) is 12.4. The van der Waals surface area contributed by atoms with Crippen molar-refractivity contribution in [3.05, 3.63) is 29.3 Å². The molecule has 4 heteroatoms. The molecule has 17 heavy (non-hydrogen) atoms. The van der Waals surface area contributed by atoms with Gasteiger partial charge in [0, 0.05) is 5.71 Å². The summed E-state index contributed by atoms with van der Waals surface area (Å²) in [4.78, 5) is 11.9. The first-order valence-electron chi connectivity index (χ1n) is 5.71. The highest BCUT2D eigenvalue weighted by Gasteiger charge is 2.26. The number of amides is 1. The summed E-state index contributed by atoms with van der Waals surface area (Å²) < 4.78 is 0. The highest BCUT2D eigenvalue weighted by Crippen LogP contribution is 2.29. The molecule has 1 aliphatic rings. The van der Waals surface area contributed by atoms with Crippen LogP contribution in [-0.2, 0) is 4.79 Å². The van der Waals surface area contributed by atoms with E-state index in [1.165, 1.54) is 5.01 Å². The number of carbonyl (C=O) groups excluding carboxylic acids is 1. The van der Waals surface area contributed by atoms with E-state index in [9.17, 15) is 4.79 Å². The first-order chi connectivity index (χ1) is 8.08. The molecule has 0 radical (unpaired) electrons. The molecule has 0 aliphatic carbocycles. The summed E-state index contributed by atoms with van der Waals surface area (Å²) in [6.45, 7) is 4.23. The molecule has 0 N–H and O–H groups in total. The van der Waals surface area contributed by atoms with Crippen molar-refractivity contribution in [2.75, 3.05) is 5.01 Å². The van der Waals surface area contributed by atoms with Crippen molar-refractivity contribution in [3.63, 3.8) is 0 Å². The molecule has 0 spiro atoms. The van der Waals surface area contributed by atoms with E-state index in [1.807, 2.05) is 18.2 Å². The fourth-order valence-electron chi connectivity index (χ4n) is 1.88. The minimum Gasteiger partial charge on any atom is -0.272 e. The number of anilines is 1. The molecule has 0 fully saturated rings. The molecule has 0 atom stereocenters. The van der Waals surface area contributed by atoms with Gasteiger partial charge >= 0.3 is 0 Å². The summed E-state index contributed by atoms with van der Waals surface area (Å²) in [5.41, 5.74) is 1.60. The van der Waals surface area contributed by atoms with Crippen LogP contribution in [0.5, 0.6) is 0 Å². The number of hydrazone groups is 1. The van der Waals surface area contributed by atoms with Gasteiger partial charge in [0.2, 0.25) is 0 Å². The summed E-state index contributed by atoms with van der Waals surface area (Å²) in [5.74, 6) is 0.501. The van der Waals surface area contributed by atoms with Crippen LogP contribution >= 0.6 is 11.6 Å². The Balaban J connectivity index is 2.25. The first kappa shape index (κ1) is 12.1. The molecular formula is C13H15ClN2O. The summed E-state index contributed by atoms with van der Waals surface area (Å²) >= 11 is 6.06. The second-order valence-electron chi connectivity index (χ2n) is 4.60. The van der Waals surface area contributed by atoms with Crippen LogP contribution < -0.4 is 5.01 Å². The predicted octanol–water partition coefficient (Wildman–Crippen LogP) is 3.48. The van der Waals surface area contributed by atoms with Crippen LogP contribution in [0.15, 0.2) is 29.4 Å². The second-order valence-corrected chi connectivity index (χ2v) is 5.01. The summed E-state index contributed by atoms with van der Waals surface area (Å²) in [5, 5.41) is 6.32. The topological polar surface area (TPSA) is 32.7 Å². The van der Waals surface area contributed by atoms with Crippen LogP contribution in [0.4, 0.5) is 5.69 Å². The SMILES string of the molecule is CC(C)CC1=NN(c2ccccc2Cl)C(=O)C1. The van der Waals surface area contributed by atoms with Crippen LogP contribution in [0.25, 0.3) is 0 Å². The van der Waals surface area contributed by atoms with E-state index >= 15 is 0 Å². The van der Waals surface area contributed by atoms with Crippen molar-refractivity contribution < 1.29 is 4.79 Å². The molecule has 90 valence electrons. The Hall–Kier alpha value is -1.35. The monoisotopic (exact) mass is 250 g/mol. The Morgan fingerprint density at radius 1 is 1.41 bits per heavy atom. The molecule has 0 aromatic heterocycles. The van der Waals surface area contributed by atoms with Crippen LogP contribution in [0.2, 0.25) is 5.02 Å². The van der Waals surface area contributed by atoms with Gasteiger partial charge in [0.1, 0.15) is 0 Å². The number of rotatable bonds is 3. The normalized spacial score (nSPS) is 15.6. The van der Waals surface area contributed by atoms with Gasteiger partial charge in [-0.3, -0.25) is 4.79 Å². The second kappa shape index (κ2) is 4.88. The fourth-order valence-corrected chi connectivity index (χ4v) is 2.09. The van der Waals surface area contributed by atoms with Gasteiger partial charge in [0.25, 0.3) is 5.91 Å². The largest absolute Gasteiger partial charge is 0.272 e. The van der Waals surface area contributed by atoms with Gasteiger partial charge in [0.15, 0.2) is 0 Å². The van der Waals surface area contributed by atoms with Crippen molar-refractivity contribution in [2.45, 2.75) is 26.7 Å². The number of halogens is 1. The molecule has 1 aromatic carbocycles. The van der Waals surface area contributed by atoms with Crippen LogP contribution in [0, 0.1) is 5.92 Å². The van der Waals surface area contributed by atoms with Gasteiger partial charge < -0.3 is 0 Å². The molecule has 1 aromatic rings. The third-order valence-corrected chi connectivity index (χ3v) is 2.88. The smallest absolute Gasteiger partial charge is 0.253 e. The van der Waals surface area contributed by atoms with Gasteiger partial charge in [0.05, 0.1) is 17.1 Å². The van der Waals surface area contributed by atoms with E-state index < -0.39 is 0 Å². The molecule has 0 saturated heterocycles. The van der Waals surface area contributed by atoms with E-state index in [1.54, 1.807) is 6.07 Å². The Morgan fingerprint density at radius 2 is 2.12 bits per heavy atom. The lowest BCUT2D eigenvalue weighted by atomic mass is 10.1. The van der Waals surface area contributed by atoms with Gasteiger partial charge in [-0.2, -0.15) is 10.1 Å². The number of para-hydroxylation sites is 1. The standard InChI is InChI=1S/C13H15ClN2O/c1-9(2)7-10-8-13(17)16(15-10)12-6-4-3-5-11(12)14/h3-6,9H,7-8H2,1-2H3. The fraction of sp³-hybridized carbons (Fsp3) is 0.385. The number of carbonyl (C=O) groups is 1. The Kier molecular flexibility index (Phi) is 3.48. The lowest BCUT2D eigenvalue weighted by molar-refractivity contribution is -0.116. The molecule has 3 nitrogen and oxygen atoms in total. The van der Waals surface area contributed by atoms with Crippen molar-refractivity contribution in [1.82, 2.24) is 0 Å². The van der Waals surface area contributed by atoms with E-state index in [2.05, 4.69) is 18.9 Å². The lowest BCUT2D eigenvalue weighted by Gasteiger charge is -2.12. The van der Waals surface area contributed by atoms with E-state index in [-0.39, 0.29) is 5.91 Å². The maximum absolute atomic E-state index is 11.9. The van der Waals surface area contributed by atoms with E-state index in [0.29, 0.717) is 23.0 Å². The quantitative estimate of drug-likeness (QED) is 0.808. The average Bonchev–Trinajstić information content (AvgIpc) is 2.59. The van der Waals surface area contributed by atoms with Gasteiger partial charge in [-0.25, -0.2) is 0 Å². The first-order valence-corrected chi connectivity index (χ1v) is 6.09. The van der Waals surface area contributed by atoms with Gasteiger partial charge in [-0.05, 0) is 24.5 Å². The average molecular weight is 251 g/mol. The third-order valence-electron chi connectivity index (χ3n) is 2.56. The summed E-state index contributed by atoms with van der Waals surface area (Å²) in [6.07, 6.45) is 1.26. The zero-order valence-corrected chi connectivity index (χ0v) is 10.7. The van der Waals surface area contributed by atoms with Crippen LogP contribution in [0.3, 0.4) is 0 Å². The summed E-state index contributed by atoms with van der Waals surface area (Å²) in [7, 11) is 0. The van der Waals surface area contributed by atoms with Crippen molar-refractivity contribution in [2.24, 2.45) is 11.0 Å². The molecule has 1 heterocycles. The van der Waals surface area contributed by atoms with E-state index in [4.69, 9.17) is 11.6 Å². The molecule has 2 rings (SSSR count). The number of hydrogen-bond donors (Lipinski definition) is 0. The zero-order valence-electron chi connectivity index (χ0n) is 9.98. The molecular weight excluding hydrogens is 236 g/mol. The molecule has 0 bridgehead atoms. The maximum Gasteiger partial charge on any atom is 0.253 e. The predicted molar refractivity (Wildman–Crippen MR) is 70.4 cm³/mol. The number of hydrogen-bond acceptors (Lipinski definition) is 2. The minimum atomic E-state index is -0.00579. The van der Waals surface area contributed by atoms with Crippen molar-refractivity contribution in [1.29, 1.82) is 0 Å². The Morgan fingerprint density at radius 3 is 2.76 bits per heavy atom. The molecule has 1 aliphatic heterocycles. The molecule has 0 saturated carbocycles. The van der Waals surface area contributed by atoms with Crippen LogP contribution in [0.1, 0.15) is 26.7 Å². The highest BCUT2D eigenvalue weighted by molar-refractivity contribution is 6.34. The third kappa shape index (κ3) is 2.67. The van der Waals surface area contributed by atoms with Crippen LogP contribution in [-0.4, -0.2) is 11.6 Å². The molecule has 1 amide bonds. The van der Waals surface area contributed by atoms with Gasteiger partial charge in [-0.1, -0.05) is 37.6 Å². The summed E-state index contributed by atoms with van der Waals surface area (Å²) in [6, 6.07) is 7.26. The Bertz CT molecular complexity index is 468. The van der Waals surface area contributed by atoms with Gasteiger partial charge in [-0.15, -0.1) is 0 Å².